The molecule has 0 unspecified atom stereocenters. The van der Waals surface area contributed by atoms with Gasteiger partial charge in [0.05, 0.1) is 12.5 Å². The molecular weight excluding hydrogens is 472 g/mol. The Hall–Kier alpha value is -3.55. The largest absolute Gasteiger partial charge is 0.364 e. The van der Waals surface area contributed by atoms with Crippen molar-refractivity contribution in [1.29, 1.82) is 5.26 Å². The van der Waals surface area contributed by atoms with Gasteiger partial charge in [0, 0.05) is 28.9 Å². The number of nitrogens with zero attached hydrogens (tertiary/aromatic N) is 5. The van der Waals surface area contributed by atoms with Gasteiger partial charge in [-0.05, 0) is 48.4 Å². The number of para-hydroxylation sites is 1. The van der Waals surface area contributed by atoms with Crippen LogP contribution in [-0.2, 0) is 19.4 Å². The van der Waals surface area contributed by atoms with Crippen molar-refractivity contribution in [2.45, 2.75) is 19.4 Å². The minimum Gasteiger partial charge on any atom is -0.364 e. The van der Waals surface area contributed by atoms with Crippen LogP contribution in [0.2, 0.25) is 0 Å². The molecule has 0 saturated heterocycles. The second-order valence-corrected chi connectivity index (χ2v) is 8.38. The summed E-state index contributed by atoms with van der Waals surface area (Å²) in [6, 6.07) is 13.4. The predicted molar refractivity (Wildman–Crippen MR) is 125 cm³/mol. The number of hydrogen-bond donors (Lipinski definition) is 3. The van der Waals surface area contributed by atoms with Crippen molar-refractivity contribution in [1.82, 2.24) is 20.1 Å². The van der Waals surface area contributed by atoms with E-state index < -0.39 is 5.91 Å². The first-order chi connectivity index (χ1) is 15.4. The molecule has 0 atom stereocenters. The van der Waals surface area contributed by atoms with Crippen LogP contribution >= 0.6 is 15.9 Å². The number of likely N-dealkylation sites (N-methyl/N-ethyl adjacent to an activating group) is 1. The molecule has 0 fully saturated rings. The van der Waals surface area contributed by atoms with Crippen molar-refractivity contribution in [3.8, 4) is 6.07 Å². The molecular formula is C22H21BrN8O. The van der Waals surface area contributed by atoms with E-state index in [-0.39, 0.29) is 23.9 Å². The third-order valence-corrected chi connectivity index (χ3v) is 5.90. The summed E-state index contributed by atoms with van der Waals surface area (Å²) < 4.78 is 1.02. The average Bonchev–Trinajstić information content (AvgIpc) is 2.75. The topological polar surface area (TPSA) is 133 Å². The Labute approximate surface area is 193 Å². The molecule has 1 amide bonds. The quantitative estimate of drug-likeness (QED) is 0.477. The number of fused-ring (bicyclic) bond motifs is 1. The van der Waals surface area contributed by atoms with Gasteiger partial charge >= 0.3 is 0 Å². The number of hydrogen-bond acceptors (Lipinski definition) is 8. The standard InChI is InChI=1S/C22H21BrN8O/c1-31-9-7-16-14(12-31)10-15(11-17(16)23)26-22-28-21(19(20(25)32)29-30-22)27-18-5-3-2-4-13(18)6-8-24/h2-5,10-11H,6-7,9,12H2,1H3,(H2,25,32)(H2,26,27,28,30). The summed E-state index contributed by atoms with van der Waals surface area (Å²) in [5.74, 6) is -0.375. The van der Waals surface area contributed by atoms with Crippen molar-refractivity contribution in [3.05, 3.63) is 63.3 Å². The molecule has 0 spiro atoms. The number of halogens is 1. The summed E-state index contributed by atoms with van der Waals surface area (Å²) in [6.07, 6.45) is 1.19. The average molecular weight is 493 g/mol. The van der Waals surface area contributed by atoms with Gasteiger partial charge in [0.1, 0.15) is 0 Å². The Morgan fingerprint density at radius 3 is 2.88 bits per heavy atom. The zero-order valence-electron chi connectivity index (χ0n) is 17.4. The summed E-state index contributed by atoms with van der Waals surface area (Å²) in [4.78, 5) is 18.6. The van der Waals surface area contributed by atoms with E-state index in [4.69, 9.17) is 11.0 Å². The second-order valence-electron chi connectivity index (χ2n) is 7.52. The lowest BCUT2D eigenvalue weighted by molar-refractivity contribution is 0.0995. The molecule has 1 aromatic heterocycles. The van der Waals surface area contributed by atoms with Crippen LogP contribution in [-0.4, -0.2) is 39.6 Å². The molecule has 4 rings (SSSR count). The van der Waals surface area contributed by atoms with E-state index in [9.17, 15) is 4.79 Å². The van der Waals surface area contributed by atoms with Gasteiger partial charge in [-0.25, -0.2) is 0 Å². The van der Waals surface area contributed by atoms with Crippen LogP contribution in [0.4, 0.5) is 23.1 Å². The van der Waals surface area contributed by atoms with Gasteiger partial charge in [-0.1, -0.05) is 34.1 Å². The molecule has 1 aliphatic rings. The first kappa shape index (κ1) is 21.7. The minimum absolute atomic E-state index is 0.0874. The van der Waals surface area contributed by atoms with Crippen LogP contribution in [0, 0.1) is 11.3 Å². The highest BCUT2D eigenvalue weighted by Crippen LogP contribution is 2.31. The molecule has 2 heterocycles. The highest BCUT2D eigenvalue weighted by Gasteiger charge is 2.19. The van der Waals surface area contributed by atoms with Gasteiger partial charge in [0.25, 0.3) is 5.91 Å². The van der Waals surface area contributed by atoms with E-state index in [0.717, 1.165) is 35.2 Å². The van der Waals surface area contributed by atoms with Gasteiger partial charge in [-0.3, -0.25) is 4.79 Å². The number of aromatic nitrogens is 3. The molecule has 1 aliphatic heterocycles. The Kier molecular flexibility index (Phi) is 6.30. The Balaban J connectivity index is 1.66. The first-order valence-corrected chi connectivity index (χ1v) is 10.8. The molecule has 10 heteroatoms. The van der Waals surface area contributed by atoms with Crippen LogP contribution in [0.5, 0.6) is 0 Å². The van der Waals surface area contributed by atoms with Crippen LogP contribution in [0.25, 0.3) is 0 Å². The maximum atomic E-state index is 11.9. The molecule has 0 radical (unpaired) electrons. The molecule has 32 heavy (non-hydrogen) atoms. The number of rotatable bonds is 6. The van der Waals surface area contributed by atoms with Gasteiger partial charge in [0.15, 0.2) is 11.5 Å². The number of carbonyl (C=O) groups excluding carboxylic acids is 1. The van der Waals surface area contributed by atoms with Crippen molar-refractivity contribution >= 4 is 45.0 Å². The second kappa shape index (κ2) is 9.30. The number of anilines is 4. The summed E-state index contributed by atoms with van der Waals surface area (Å²) in [7, 11) is 2.09. The minimum atomic E-state index is -0.753. The molecule has 0 saturated carbocycles. The zero-order valence-corrected chi connectivity index (χ0v) is 19.0. The highest BCUT2D eigenvalue weighted by molar-refractivity contribution is 9.10. The van der Waals surface area contributed by atoms with E-state index in [1.54, 1.807) is 6.07 Å². The lowest BCUT2D eigenvalue weighted by Gasteiger charge is -2.26. The molecule has 0 aliphatic carbocycles. The van der Waals surface area contributed by atoms with Gasteiger partial charge in [0.2, 0.25) is 5.95 Å². The van der Waals surface area contributed by atoms with Gasteiger partial charge in [-0.2, -0.15) is 10.2 Å². The maximum Gasteiger partial charge on any atom is 0.273 e. The molecule has 4 N–H and O–H groups in total. The number of carbonyl (C=O) groups is 1. The van der Waals surface area contributed by atoms with Crippen molar-refractivity contribution in [2.75, 3.05) is 24.2 Å². The number of nitrogens with two attached hydrogens (primary N) is 1. The molecule has 0 bridgehead atoms. The number of nitrogens with one attached hydrogen (secondary N) is 2. The number of amides is 1. The van der Waals surface area contributed by atoms with E-state index in [0.29, 0.717) is 5.69 Å². The van der Waals surface area contributed by atoms with Gasteiger partial charge in [-0.15, -0.1) is 10.2 Å². The van der Waals surface area contributed by atoms with Crippen LogP contribution in [0.15, 0.2) is 40.9 Å². The third kappa shape index (κ3) is 4.69. The SMILES string of the molecule is CN1CCc2c(Br)cc(Nc3nnc(C(N)=O)c(Nc4ccccc4CC#N)n3)cc2C1. The lowest BCUT2D eigenvalue weighted by Crippen LogP contribution is -2.26. The van der Waals surface area contributed by atoms with E-state index in [1.807, 2.05) is 24.3 Å². The fraction of sp³-hybridized carbons (Fsp3) is 0.227. The third-order valence-electron chi connectivity index (χ3n) is 5.19. The molecule has 162 valence electrons. The number of primary amides is 1. The maximum absolute atomic E-state index is 11.9. The van der Waals surface area contributed by atoms with Crippen molar-refractivity contribution in [2.24, 2.45) is 5.73 Å². The van der Waals surface area contributed by atoms with Crippen molar-refractivity contribution in [3.63, 3.8) is 0 Å². The number of nitriles is 1. The first-order valence-electron chi connectivity index (χ1n) is 9.98. The van der Waals surface area contributed by atoms with Crippen molar-refractivity contribution < 1.29 is 4.79 Å². The van der Waals surface area contributed by atoms with Crippen LogP contribution in [0.1, 0.15) is 27.2 Å². The number of benzene rings is 2. The van der Waals surface area contributed by atoms with E-state index >= 15 is 0 Å². The Bertz CT molecular complexity index is 1220. The van der Waals surface area contributed by atoms with Crippen LogP contribution in [0.3, 0.4) is 0 Å². The van der Waals surface area contributed by atoms with Crippen LogP contribution < -0.4 is 16.4 Å². The monoisotopic (exact) mass is 492 g/mol. The normalized spacial score (nSPS) is 13.2. The van der Waals surface area contributed by atoms with E-state index in [1.165, 1.54) is 11.1 Å². The Morgan fingerprint density at radius 1 is 1.28 bits per heavy atom. The summed E-state index contributed by atoms with van der Waals surface area (Å²) >= 11 is 3.66. The molecule has 2 aromatic carbocycles. The summed E-state index contributed by atoms with van der Waals surface area (Å²) in [6.45, 7) is 1.87. The zero-order chi connectivity index (χ0) is 22.7. The van der Waals surface area contributed by atoms with E-state index in [2.05, 4.69) is 65.8 Å². The smallest absolute Gasteiger partial charge is 0.273 e. The predicted octanol–water partition coefficient (Wildman–Crippen LogP) is 3.27. The highest BCUT2D eigenvalue weighted by atomic mass is 79.9. The molecule has 3 aromatic rings. The summed E-state index contributed by atoms with van der Waals surface area (Å²) in [5.41, 5.74) is 10.1. The fourth-order valence-electron chi connectivity index (χ4n) is 3.63. The van der Waals surface area contributed by atoms with Gasteiger partial charge < -0.3 is 21.3 Å². The summed E-state index contributed by atoms with van der Waals surface area (Å²) in [5, 5.41) is 23.3. The molecule has 9 nitrogen and oxygen atoms in total. The fourth-order valence-corrected chi connectivity index (χ4v) is 4.33. The Morgan fingerprint density at radius 2 is 2.09 bits per heavy atom. The lowest BCUT2D eigenvalue weighted by atomic mass is 9.99.